The number of hydrogen-bond acceptors (Lipinski definition) is 5. The van der Waals surface area contributed by atoms with Crippen LogP contribution >= 0.6 is 27.7 Å². The fourth-order valence-corrected chi connectivity index (χ4v) is 4.10. The molecule has 1 unspecified atom stereocenters. The van der Waals surface area contributed by atoms with Crippen molar-refractivity contribution in [2.24, 2.45) is 0 Å². The topological polar surface area (TPSA) is 52.0 Å². The van der Waals surface area contributed by atoms with Crippen molar-refractivity contribution < 1.29 is 4.74 Å². The number of halogens is 1. The van der Waals surface area contributed by atoms with Gasteiger partial charge in [-0.05, 0) is 46.6 Å². The summed E-state index contributed by atoms with van der Waals surface area (Å²) in [5.41, 5.74) is 6.91. The number of nitrogens with one attached hydrogen (secondary N) is 1. The number of nitrogens with zero attached hydrogens (tertiary/aromatic N) is 3. The Morgan fingerprint density at radius 1 is 1.17 bits per heavy atom. The molecule has 1 aliphatic rings. The van der Waals surface area contributed by atoms with Gasteiger partial charge in [-0.3, -0.25) is 0 Å². The van der Waals surface area contributed by atoms with Crippen LogP contribution in [0, 0.1) is 6.92 Å². The molecule has 1 aromatic heterocycles. The first-order valence-electron chi connectivity index (χ1n) is 7.45. The molecule has 5 nitrogen and oxygen atoms in total. The third-order valence-electron chi connectivity index (χ3n) is 3.90. The standard InChI is InChI=1S/C17H15BrN4OS/c1-10-3-5-11(6-4-10)16-21-22-15(19-20-17(22)24-16)13-8-7-12(23-2)9-14(13)18/h3-9,16,21H,1-2H3. The van der Waals surface area contributed by atoms with E-state index < -0.39 is 0 Å². The van der Waals surface area contributed by atoms with Gasteiger partial charge < -0.3 is 10.2 Å². The minimum Gasteiger partial charge on any atom is -0.497 e. The van der Waals surface area contributed by atoms with Gasteiger partial charge in [0.25, 0.3) is 0 Å². The van der Waals surface area contributed by atoms with Gasteiger partial charge in [-0.15, -0.1) is 10.2 Å². The van der Waals surface area contributed by atoms with E-state index in [-0.39, 0.29) is 5.37 Å². The summed E-state index contributed by atoms with van der Waals surface area (Å²) in [7, 11) is 1.65. The average Bonchev–Trinajstić information content (AvgIpc) is 3.16. The molecule has 7 heteroatoms. The van der Waals surface area contributed by atoms with E-state index in [4.69, 9.17) is 4.74 Å². The Morgan fingerprint density at radius 2 is 1.96 bits per heavy atom. The minimum absolute atomic E-state index is 0.131. The van der Waals surface area contributed by atoms with Crippen LogP contribution in [-0.4, -0.2) is 22.0 Å². The van der Waals surface area contributed by atoms with Gasteiger partial charge in [0.2, 0.25) is 5.16 Å². The van der Waals surface area contributed by atoms with Crippen molar-refractivity contribution in [2.45, 2.75) is 17.5 Å². The maximum absolute atomic E-state index is 5.25. The van der Waals surface area contributed by atoms with Crippen LogP contribution in [0.15, 0.2) is 52.1 Å². The molecule has 0 saturated carbocycles. The number of ether oxygens (including phenoxy) is 1. The summed E-state index contributed by atoms with van der Waals surface area (Å²) in [5.74, 6) is 1.58. The van der Waals surface area contributed by atoms with E-state index in [0.717, 1.165) is 26.8 Å². The van der Waals surface area contributed by atoms with Crippen LogP contribution in [0.2, 0.25) is 0 Å². The fraction of sp³-hybridized carbons (Fsp3) is 0.176. The zero-order chi connectivity index (χ0) is 16.7. The summed E-state index contributed by atoms with van der Waals surface area (Å²) in [5, 5.41) is 9.63. The van der Waals surface area contributed by atoms with Crippen LogP contribution in [0.25, 0.3) is 11.4 Å². The van der Waals surface area contributed by atoms with Gasteiger partial charge in [-0.2, -0.15) is 0 Å². The summed E-state index contributed by atoms with van der Waals surface area (Å²) in [6.07, 6.45) is 0. The third kappa shape index (κ3) is 2.67. The molecule has 4 rings (SSSR count). The zero-order valence-corrected chi connectivity index (χ0v) is 15.6. The van der Waals surface area contributed by atoms with Crippen LogP contribution in [-0.2, 0) is 0 Å². The largest absolute Gasteiger partial charge is 0.497 e. The van der Waals surface area contributed by atoms with Crippen molar-refractivity contribution in [3.8, 4) is 17.1 Å². The summed E-state index contributed by atoms with van der Waals surface area (Å²) in [6.45, 7) is 2.09. The number of aryl methyl sites for hydroxylation is 1. The highest BCUT2D eigenvalue weighted by molar-refractivity contribution is 9.10. The maximum Gasteiger partial charge on any atom is 0.212 e. The molecular formula is C17H15BrN4OS. The molecule has 3 aromatic rings. The predicted octanol–water partition coefficient (Wildman–Crippen LogP) is 4.37. The Morgan fingerprint density at radius 3 is 2.67 bits per heavy atom. The van der Waals surface area contributed by atoms with E-state index in [9.17, 15) is 0 Å². The van der Waals surface area contributed by atoms with Crippen LogP contribution in [0.3, 0.4) is 0 Å². The minimum atomic E-state index is 0.131. The van der Waals surface area contributed by atoms with Crippen molar-refractivity contribution in [2.75, 3.05) is 12.5 Å². The molecule has 0 saturated heterocycles. The van der Waals surface area contributed by atoms with Gasteiger partial charge in [0.15, 0.2) is 5.82 Å². The molecule has 2 heterocycles. The first-order chi connectivity index (χ1) is 11.7. The number of benzene rings is 2. The van der Waals surface area contributed by atoms with Crippen molar-refractivity contribution in [3.63, 3.8) is 0 Å². The van der Waals surface area contributed by atoms with Crippen LogP contribution in [0.1, 0.15) is 16.5 Å². The molecule has 122 valence electrons. The average molecular weight is 403 g/mol. The fourth-order valence-electron chi connectivity index (χ4n) is 2.57. The van der Waals surface area contributed by atoms with Crippen LogP contribution in [0.4, 0.5) is 0 Å². The molecule has 1 aliphatic heterocycles. The number of methoxy groups -OCH3 is 1. The Bertz CT molecular complexity index is 894. The summed E-state index contributed by atoms with van der Waals surface area (Å²) in [4.78, 5) is 0. The van der Waals surface area contributed by atoms with Crippen molar-refractivity contribution >= 4 is 27.7 Å². The number of rotatable bonds is 3. The quantitative estimate of drug-likeness (QED) is 0.704. The van der Waals surface area contributed by atoms with E-state index in [2.05, 4.69) is 62.7 Å². The molecule has 0 bridgehead atoms. The molecule has 0 fully saturated rings. The van der Waals surface area contributed by atoms with Gasteiger partial charge in [0.1, 0.15) is 11.1 Å². The van der Waals surface area contributed by atoms with Gasteiger partial charge >= 0.3 is 0 Å². The lowest BCUT2D eigenvalue weighted by atomic mass is 10.1. The Hall–Kier alpha value is -1.99. The lowest BCUT2D eigenvalue weighted by molar-refractivity contribution is 0.414. The van der Waals surface area contributed by atoms with Crippen molar-refractivity contribution in [3.05, 3.63) is 58.1 Å². The second kappa shape index (κ2) is 6.14. The van der Waals surface area contributed by atoms with Crippen LogP contribution in [0.5, 0.6) is 5.75 Å². The van der Waals surface area contributed by atoms with Gasteiger partial charge in [-0.25, -0.2) is 4.68 Å². The molecule has 2 aromatic carbocycles. The Kier molecular flexibility index (Phi) is 3.97. The van der Waals surface area contributed by atoms with Crippen LogP contribution < -0.4 is 10.2 Å². The maximum atomic E-state index is 5.25. The first-order valence-corrected chi connectivity index (χ1v) is 9.12. The molecule has 1 atom stereocenters. The number of fused-ring (bicyclic) bond motifs is 1. The van der Waals surface area contributed by atoms with E-state index in [1.165, 1.54) is 11.1 Å². The summed E-state index contributed by atoms with van der Waals surface area (Å²) >= 11 is 5.25. The molecule has 0 spiro atoms. The molecule has 24 heavy (non-hydrogen) atoms. The van der Waals surface area contributed by atoms with E-state index in [1.807, 2.05) is 22.9 Å². The normalized spacial score (nSPS) is 15.9. The monoisotopic (exact) mass is 402 g/mol. The smallest absolute Gasteiger partial charge is 0.212 e. The lowest BCUT2D eigenvalue weighted by Crippen LogP contribution is -2.13. The highest BCUT2D eigenvalue weighted by Gasteiger charge is 2.28. The second-order valence-corrected chi connectivity index (χ2v) is 7.45. The molecule has 0 amide bonds. The Labute approximate surface area is 152 Å². The number of hydrogen-bond donors (Lipinski definition) is 1. The Balaban J connectivity index is 1.66. The lowest BCUT2D eigenvalue weighted by Gasteiger charge is -2.13. The summed E-state index contributed by atoms with van der Waals surface area (Å²) in [6, 6.07) is 14.4. The van der Waals surface area contributed by atoms with Gasteiger partial charge in [0, 0.05) is 10.0 Å². The summed E-state index contributed by atoms with van der Waals surface area (Å²) < 4.78 is 8.12. The highest BCUT2D eigenvalue weighted by atomic mass is 79.9. The predicted molar refractivity (Wildman–Crippen MR) is 98.8 cm³/mol. The molecule has 0 aliphatic carbocycles. The van der Waals surface area contributed by atoms with E-state index in [0.29, 0.717) is 0 Å². The number of thioether (sulfide) groups is 1. The van der Waals surface area contributed by atoms with Crippen molar-refractivity contribution in [1.82, 2.24) is 14.9 Å². The molecule has 1 N–H and O–H groups in total. The second-order valence-electron chi connectivity index (χ2n) is 5.53. The highest BCUT2D eigenvalue weighted by Crippen LogP contribution is 2.41. The van der Waals surface area contributed by atoms with Crippen molar-refractivity contribution in [1.29, 1.82) is 0 Å². The zero-order valence-electron chi connectivity index (χ0n) is 13.2. The third-order valence-corrected chi connectivity index (χ3v) is 5.64. The molecular weight excluding hydrogens is 388 g/mol. The number of aromatic nitrogens is 3. The molecule has 0 radical (unpaired) electrons. The first kappa shape index (κ1) is 15.5. The van der Waals surface area contributed by atoms with E-state index >= 15 is 0 Å². The van der Waals surface area contributed by atoms with Gasteiger partial charge in [0.05, 0.1) is 7.11 Å². The SMILES string of the molecule is COc1ccc(-c2nnc3n2NC(c2ccc(C)cc2)S3)c(Br)c1. The van der Waals surface area contributed by atoms with Gasteiger partial charge in [-0.1, -0.05) is 41.6 Å². The van der Waals surface area contributed by atoms with E-state index in [1.54, 1.807) is 18.9 Å².